The van der Waals surface area contributed by atoms with E-state index in [2.05, 4.69) is 39.1 Å². The average Bonchev–Trinajstić information content (AvgIpc) is 2.83. The van der Waals surface area contributed by atoms with Gasteiger partial charge in [0.2, 0.25) is 0 Å². The fourth-order valence-corrected chi connectivity index (χ4v) is 4.61. The Kier molecular flexibility index (Phi) is 21.2. The van der Waals surface area contributed by atoms with E-state index in [0.717, 1.165) is 38.5 Å². The summed E-state index contributed by atoms with van der Waals surface area (Å²) in [5.74, 6) is -0.195. The maximum atomic E-state index is 13.1. The van der Waals surface area contributed by atoms with E-state index in [1.165, 1.54) is 60.8 Å². The second-order valence-electron chi connectivity index (χ2n) is 8.56. The maximum absolute atomic E-state index is 13.1. The number of hydrogen-bond acceptors (Lipinski definition) is 5. The number of rotatable bonds is 18. The standard InChI is InChI=1S/C26H41ClO2S2.H3OP/c1-3-5-7-9-11-13-15-23(30)25(28)21-18-17-20(27)19-22(21)26(29)24(31)16-14-12-10-8-6-4-2;1-2/h17-19,23-24,30-31H,3-16H2,1-2H3;1H,2H2. The van der Waals surface area contributed by atoms with E-state index < -0.39 is 10.5 Å². The fraction of sp³-hybridized carbons (Fsp3) is 0.692. The molecule has 7 heteroatoms. The van der Waals surface area contributed by atoms with Gasteiger partial charge in [-0.25, -0.2) is 0 Å². The predicted molar refractivity (Wildman–Crippen MR) is 154 cm³/mol. The van der Waals surface area contributed by atoms with Crippen LogP contribution in [0.4, 0.5) is 0 Å². The minimum absolute atomic E-state index is 0.0861. The minimum atomic E-state index is -0.409. The molecular weight excluding hydrogens is 491 g/mol. The normalized spacial score (nSPS) is 12.6. The number of carbonyl (C=O) groups is 2. The topological polar surface area (TPSA) is 54.4 Å². The molecule has 190 valence electrons. The van der Waals surface area contributed by atoms with Crippen LogP contribution in [-0.4, -0.2) is 27.0 Å². The van der Waals surface area contributed by atoms with Gasteiger partial charge in [-0.1, -0.05) is 102 Å². The summed E-state index contributed by atoms with van der Waals surface area (Å²) in [6.07, 6.45) is 15.5. The zero-order valence-corrected chi connectivity index (χ0v) is 24.1. The molecule has 0 fully saturated rings. The molecule has 0 heterocycles. The van der Waals surface area contributed by atoms with Gasteiger partial charge in [0.15, 0.2) is 11.6 Å². The van der Waals surface area contributed by atoms with Crippen molar-refractivity contribution in [1.82, 2.24) is 0 Å². The number of carbonyl (C=O) groups excluding carboxylic acids is 2. The highest BCUT2D eigenvalue weighted by Gasteiger charge is 2.25. The summed E-state index contributed by atoms with van der Waals surface area (Å²) in [5, 5.41) is -0.337. The van der Waals surface area contributed by atoms with Crippen LogP contribution in [0.25, 0.3) is 0 Å². The monoisotopic (exact) mass is 534 g/mol. The molecule has 0 aliphatic rings. The molecule has 0 spiro atoms. The van der Waals surface area contributed by atoms with E-state index in [1.54, 1.807) is 18.2 Å². The van der Waals surface area contributed by atoms with Crippen molar-refractivity contribution in [2.24, 2.45) is 0 Å². The highest BCUT2D eigenvalue weighted by atomic mass is 35.5. The van der Waals surface area contributed by atoms with Crippen molar-refractivity contribution in [3.05, 3.63) is 34.3 Å². The second kappa shape index (κ2) is 21.2. The van der Waals surface area contributed by atoms with Gasteiger partial charge in [-0.05, 0) is 40.5 Å². The smallest absolute Gasteiger partial charge is 0.176 e. The second-order valence-corrected chi connectivity index (χ2v) is 10.2. The van der Waals surface area contributed by atoms with Crippen molar-refractivity contribution in [3.63, 3.8) is 0 Å². The molecule has 0 aliphatic heterocycles. The Morgan fingerprint density at radius 2 is 1.15 bits per heavy atom. The molecular formula is C26H44ClO3PS2. The molecule has 1 aromatic rings. The minimum Gasteiger partial charge on any atom is -0.380 e. The molecule has 0 aliphatic carbocycles. The van der Waals surface area contributed by atoms with Crippen molar-refractivity contribution >= 4 is 57.9 Å². The van der Waals surface area contributed by atoms with Crippen LogP contribution >= 0.6 is 46.3 Å². The molecule has 0 amide bonds. The van der Waals surface area contributed by atoms with Crippen LogP contribution in [0.2, 0.25) is 5.02 Å². The van der Waals surface area contributed by atoms with Crippen LogP contribution in [0.3, 0.4) is 0 Å². The van der Waals surface area contributed by atoms with Crippen LogP contribution in [0.5, 0.6) is 0 Å². The first kappa shape index (κ1) is 32.9. The van der Waals surface area contributed by atoms with Crippen molar-refractivity contribution in [2.45, 2.75) is 114 Å². The van der Waals surface area contributed by atoms with E-state index in [4.69, 9.17) is 16.5 Å². The van der Waals surface area contributed by atoms with E-state index in [0.29, 0.717) is 16.1 Å². The molecule has 0 radical (unpaired) electrons. The van der Waals surface area contributed by atoms with Crippen molar-refractivity contribution in [1.29, 1.82) is 0 Å². The number of thiol groups is 2. The van der Waals surface area contributed by atoms with Gasteiger partial charge < -0.3 is 4.89 Å². The van der Waals surface area contributed by atoms with Crippen LogP contribution in [0.1, 0.15) is 124 Å². The molecule has 3 nitrogen and oxygen atoms in total. The number of ketones is 2. The van der Waals surface area contributed by atoms with Gasteiger partial charge in [0, 0.05) is 16.1 Å². The molecule has 0 saturated heterocycles. The number of halogens is 1. The molecule has 0 aromatic heterocycles. The Morgan fingerprint density at radius 1 is 0.758 bits per heavy atom. The Morgan fingerprint density at radius 3 is 1.61 bits per heavy atom. The van der Waals surface area contributed by atoms with Gasteiger partial charge in [0.25, 0.3) is 0 Å². The van der Waals surface area contributed by atoms with Gasteiger partial charge in [0.1, 0.15) is 0 Å². The number of benzene rings is 1. The van der Waals surface area contributed by atoms with Crippen molar-refractivity contribution in [3.8, 4) is 0 Å². The van der Waals surface area contributed by atoms with Crippen molar-refractivity contribution < 1.29 is 14.5 Å². The third-order valence-electron chi connectivity index (χ3n) is 5.78. The highest BCUT2D eigenvalue weighted by Crippen LogP contribution is 2.25. The predicted octanol–water partition coefficient (Wildman–Crippen LogP) is 8.57. The van der Waals surface area contributed by atoms with E-state index >= 15 is 0 Å². The quantitative estimate of drug-likeness (QED) is 0.0764. The molecule has 3 atom stereocenters. The third-order valence-corrected chi connectivity index (χ3v) is 7.00. The van der Waals surface area contributed by atoms with E-state index in [-0.39, 0.29) is 11.6 Å². The van der Waals surface area contributed by atoms with Gasteiger partial charge in [0.05, 0.1) is 10.5 Å². The van der Waals surface area contributed by atoms with Gasteiger partial charge in [-0.2, -0.15) is 25.3 Å². The summed E-state index contributed by atoms with van der Waals surface area (Å²) in [6.45, 7) is 4.41. The Bertz CT molecular complexity index is 673. The van der Waals surface area contributed by atoms with Crippen LogP contribution in [-0.2, 0) is 0 Å². The lowest BCUT2D eigenvalue weighted by Gasteiger charge is -2.16. The number of Topliss-reactive ketones (excluding diaryl/α,β-unsaturated/α-hetero) is 2. The summed E-state index contributed by atoms with van der Waals surface area (Å²) in [6, 6.07) is 4.97. The van der Waals surface area contributed by atoms with E-state index in [1.807, 2.05) is 0 Å². The Labute approximate surface area is 220 Å². The first-order valence-corrected chi connectivity index (χ1v) is 14.3. The van der Waals surface area contributed by atoms with Crippen molar-refractivity contribution in [2.75, 3.05) is 0 Å². The summed E-state index contributed by atoms with van der Waals surface area (Å²) >= 11 is 15.3. The molecule has 3 unspecified atom stereocenters. The summed E-state index contributed by atoms with van der Waals surface area (Å²) in [5.41, 5.74) is 0.827. The molecule has 1 N–H and O–H groups in total. The van der Waals surface area contributed by atoms with Crippen LogP contribution < -0.4 is 0 Å². The zero-order valence-electron chi connectivity index (χ0n) is 20.4. The Hall–Kier alpha value is -0.0600. The average molecular weight is 535 g/mol. The lowest BCUT2D eigenvalue weighted by molar-refractivity contribution is 0.0953. The van der Waals surface area contributed by atoms with Crippen LogP contribution in [0.15, 0.2) is 18.2 Å². The fourth-order valence-electron chi connectivity index (χ4n) is 3.79. The lowest BCUT2D eigenvalue weighted by Crippen LogP contribution is -2.22. The van der Waals surface area contributed by atoms with E-state index in [9.17, 15) is 9.59 Å². The summed E-state index contributed by atoms with van der Waals surface area (Å²) in [7, 11) is 1.42. The summed E-state index contributed by atoms with van der Waals surface area (Å²) in [4.78, 5) is 33.0. The summed E-state index contributed by atoms with van der Waals surface area (Å²) < 4.78 is 0. The van der Waals surface area contributed by atoms with Gasteiger partial charge in [-0.3, -0.25) is 9.59 Å². The molecule has 1 rings (SSSR count). The Balaban J connectivity index is 0.00000497. The SMILES string of the molecule is CCCCCCCCC(S)C(=O)c1ccc(Cl)cc1C(=O)C(S)CCCCCCCC.OP. The number of hydrogen-bond donors (Lipinski definition) is 3. The third kappa shape index (κ3) is 14.2. The highest BCUT2D eigenvalue weighted by molar-refractivity contribution is 7.82. The van der Waals surface area contributed by atoms with Gasteiger partial charge >= 0.3 is 0 Å². The molecule has 1 aromatic carbocycles. The van der Waals surface area contributed by atoms with Crippen LogP contribution in [0, 0.1) is 0 Å². The molecule has 0 bridgehead atoms. The molecule has 33 heavy (non-hydrogen) atoms. The molecule has 0 saturated carbocycles. The zero-order chi connectivity index (χ0) is 25.1. The lowest BCUT2D eigenvalue weighted by atomic mass is 9.94. The van der Waals surface area contributed by atoms with Gasteiger partial charge in [-0.15, -0.1) is 0 Å². The largest absolute Gasteiger partial charge is 0.380 e. The maximum Gasteiger partial charge on any atom is 0.176 e. The first-order chi connectivity index (χ1) is 15.9. The number of unbranched alkanes of at least 4 members (excludes halogenated alkanes) is 10. The first-order valence-electron chi connectivity index (χ1n) is 12.4.